The fraction of sp³-hybridized carbons (Fsp3) is 0.400. The summed E-state index contributed by atoms with van der Waals surface area (Å²) in [6, 6.07) is 4.91. The fourth-order valence-corrected chi connectivity index (χ4v) is 2.79. The molecule has 0 aliphatic carbocycles. The van der Waals surface area contributed by atoms with Crippen molar-refractivity contribution < 1.29 is 9.13 Å². The molecule has 0 saturated heterocycles. The summed E-state index contributed by atoms with van der Waals surface area (Å²) in [6.45, 7) is 4.77. The van der Waals surface area contributed by atoms with Crippen molar-refractivity contribution >= 4 is 11.3 Å². The van der Waals surface area contributed by atoms with Gasteiger partial charge in [-0.25, -0.2) is 9.37 Å². The van der Waals surface area contributed by atoms with Gasteiger partial charge in [-0.2, -0.15) is 0 Å². The molecule has 20 heavy (non-hydrogen) atoms. The van der Waals surface area contributed by atoms with Crippen LogP contribution in [0.5, 0.6) is 5.75 Å². The molecule has 1 aromatic heterocycles. The highest BCUT2D eigenvalue weighted by atomic mass is 32.1. The Bertz CT molecular complexity index is 571. The fourth-order valence-electron chi connectivity index (χ4n) is 2.17. The number of nitrogens with zero attached hydrogens (tertiary/aromatic N) is 1. The first-order valence-electron chi connectivity index (χ1n) is 6.61. The van der Waals surface area contributed by atoms with Gasteiger partial charge in [0, 0.05) is 29.5 Å². The number of hydrogen-bond donors (Lipinski definition) is 1. The summed E-state index contributed by atoms with van der Waals surface area (Å²) in [4.78, 5) is 4.45. The molecule has 0 spiro atoms. The van der Waals surface area contributed by atoms with Gasteiger partial charge in [0.15, 0.2) is 0 Å². The summed E-state index contributed by atoms with van der Waals surface area (Å²) < 4.78 is 19.2. The minimum atomic E-state index is -0.248. The highest BCUT2D eigenvalue weighted by Gasteiger charge is 2.17. The first kappa shape index (κ1) is 14.9. The standard InChI is InChI=1S/C15H19FN2OS/c1-4-17-15(7-11-9-20-10(2)18-11)13-6-5-12(19-3)8-14(13)16/h5-6,8-9,15,17H,4,7H2,1-3H3. The van der Waals surface area contributed by atoms with E-state index in [9.17, 15) is 4.39 Å². The lowest BCUT2D eigenvalue weighted by molar-refractivity contribution is 0.409. The minimum Gasteiger partial charge on any atom is -0.497 e. The van der Waals surface area contributed by atoms with Crippen molar-refractivity contribution in [2.75, 3.05) is 13.7 Å². The predicted molar refractivity (Wildman–Crippen MR) is 79.9 cm³/mol. The van der Waals surface area contributed by atoms with Gasteiger partial charge in [-0.05, 0) is 19.5 Å². The highest BCUT2D eigenvalue weighted by molar-refractivity contribution is 7.09. The van der Waals surface area contributed by atoms with Gasteiger partial charge < -0.3 is 10.1 Å². The topological polar surface area (TPSA) is 34.2 Å². The molecule has 0 aliphatic heterocycles. The smallest absolute Gasteiger partial charge is 0.131 e. The zero-order valence-electron chi connectivity index (χ0n) is 11.9. The molecule has 0 radical (unpaired) electrons. The lowest BCUT2D eigenvalue weighted by Gasteiger charge is -2.18. The van der Waals surface area contributed by atoms with Gasteiger partial charge in [-0.1, -0.05) is 13.0 Å². The predicted octanol–water partition coefficient (Wildman–Crippen LogP) is 3.49. The van der Waals surface area contributed by atoms with Crippen molar-refractivity contribution in [2.24, 2.45) is 0 Å². The van der Waals surface area contributed by atoms with Gasteiger partial charge in [0.25, 0.3) is 0 Å². The number of aryl methyl sites for hydroxylation is 1. The maximum atomic E-state index is 14.2. The van der Waals surface area contributed by atoms with Crippen LogP contribution in [0.25, 0.3) is 0 Å². The Labute approximate surface area is 122 Å². The largest absolute Gasteiger partial charge is 0.497 e. The quantitative estimate of drug-likeness (QED) is 0.885. The zero-order valence-corrected chi connectivity index (χ0v) is 12.8. The van der Waals surface area contributed by atoms with E-state index < -0.39 is 0 Å². The molecule has 1 unspecified atom stereocenters. The van der Waals surface area contributed by atoms with E-state index in [0.717, 1.165) is 17.2 Å². The molecule has 1 heterocycles. The van der Waals surface area contributed by atoms with Crippen LogP contribution in [0.2, 0.25) is 0 Å². The van der Waals surface area contributed by atoms with E-state index in [1.807, 2.05) is 19.2 Å². The summed E-state index contributed by atoms with van der Waals surface area (Å²) >= 11 is 1.62. The SMILES string of the molecule is CCNC(Cc1csc(C)n1)c1ccc(OC)cc1F. The van der Waals surface area contributed by atoms with Crippen molar-refractivity contribution in [3.05, 3.63) is 45.7 Å². The average molecular weight is 294 g/mol. The van der Waals surface area contributed by atoms with E-state index >= 15 is 0 Å². The Morgan fingerprint density at radius 2 is 2.25 bits per heavy atom. The molecule has 0 saturated carbocycles. The van der Waals surface area contributed by atoms with Crippen LogP contribution in [0.1, 0.15) is 29.2 Å². The van der Waals surface area contributed by atoms with Crippen molar-refractivity contribution in [1.82, 2.24) is 10.3 Å². The number of halogens is 1. The molecule has 3 nitrogen and oxygen atoms in total. The Kier molecular flexibility index (Phi) is 5.09. The van der Waals surface area contributed by atoms with Crippen LogP contribution >= 0.6 is 11.3 Å². The minimum absolute atomic E-state index is 0.0765. The Hall–Kier alpha value is -1.46. The monoisotopic (exact) mass is 294 g/mol. The van der Waals surface area contributed by atoms with Crippen molar-refractivity contribution in [3.8, 4) is 5.75 Å². The normalized spacial score (nSPS) is 12.4. The second-order valence-corrected chi connectivity index (χ2v) is 5.62. The number of aromatic nitrogens is 1. The first-order chi connectivity index (χ1) is 9.63. The van der Waals surface area contributed by atoms with Crippen LogP contribution in [-0.4, -0.2) is 18.6 Å². The number of rotatable bonds is 6. The maximum Gasteiger partial charge on any atom is 0.131 e. The Morgan fingerprint density at radius 3 is 2.80 bits per heavy atom. The van der Waals surface area contributed by atoms with Crippen LogP contribution in [-0.2, 0) is 6.42 Å². The van der Waals surface area contributed by atoms with Crippen molar-refractivity contribution in [2.45, 2.75) is 26.3 Å². The molecule has 1 atom stereocenters. The van der Waals surface area contributed by atoms with E-state index in [2.05, 4.69) is 10.3 Å². The molecular formula is C15H19FN2OS. The number of benzene rings is 1. The summed E-state index contributed by atoms with van der Waals surface area (Å²) in [7, 11) is 1.54. The number of hydrogen-bond acceptors (Lipinski definition) is 4. The summed E-state index contributed by atoms with van der Waals surface area (Å²) in [5, 5.41) is 6.38. The lowest BCUT2D eigenvalue weighted by Crippen LogP contribution is -2.24. The third kappa shape index (κ3) is 3.55. The Balaban J connectivity index is 2.23. The van der Waals surface area contributed by atoms with Crippen LogP contribution < -0.4 is 10.1 Å². The van der Waals surface area contributed by atoms with Crippen LogP contribution in [0.4, 0.5) is 4.39 Å². The van der Waals surface area contributed by atoms with E-state index in [4.69, 9.17) is 4.74 Å². The molecule has 0 bridgehead atoms. The lowest BCUT2D eigenvalue weighted by atomic mass is 10.0. The van der Waals surface area contributed by atoms with Gasteiger partial charge in [0.05, 0.1) is 17.8 Å². The maximum absolute atomic E-state index is 14.2. The van der Waals surface area contributed by atoms with Gasteiger partial charge in [-0.15, -0.1) is 11.3 Å². The number of methoxy groups -OCH3 is 1. The summed E-state index contributed by atoms with van der Waals surface area (Å²) in [6.07, 6.45) is 0.682. The van der Waals surface area contributed by atoms with Crippen molar-refractivity contribution in [3.63, 3.8) is 0 Å². The number of thiazole rings is 1. The Morgan fingerprint density at radius 1 is 1.45 bits per heavy atom. The molecule has 1 N–H and O–H groups in total. The van der Waals surface area contributed by atoms with E-state index in [-0.39, 0.29) is 11.9 Å². The van der Waals surface area contributed by atoms with Gasteiger partial charge in [-0.3, -0.25) is 0 Å². The van der Waals surface area contributed by atoms with Crippen LogP contribution in [0, 0.1) is 12.7 Å². The van der Waals surface area contributed by atoms with Crippen LogP contribution in [0.3, 0.4) is 0 Å². The number of nitrogens with one attached hydrogen (secondary N) is 1. The second kappa shape index (κ2) is 6.81. The number of likely N-dealkylation sites (N-methyl/N-ethyl adjacent to an activating group) is 1. The zero-order chi connectivity index (χ0) is 14.5. The molecule has 2 rings (SSSR count). The number of ether oxygens (including phenoxy) is 1. The summed E-state index contributed by atoms with van der Waals surface area (Å²) in [5.74, 6) is 0.285. The molecule has 2 aromatic rings. The van der Waals surface area contributed by atoms with E-state index in [1.165, 1.54) is 13.2 Å². The molecule has 5 heteroatoms. The van der Waals surface area contributed by atoms with Gasteiger partial charge >= 0.3 is 0 Å². The molecule has 0 aliphatic rings. The first-order valence-corrected chi connectivity index (χ1v) is 7.49. The van der Waals surface area contributed by atoms with E-state index in [1.54, 1.807) is 23.5 Å². The molecule has 108 valence electrons. The highest BCUT2D eigenvalue weighted by Crippen LogP contribution is 2.25. The third-order valence-electron chi connectivity index (χ3n) is 3.11. The second-order valence-electron chi connectivity index (χ2n) is 4.56. The van der Waals surface area contributed by atoms with Crippen molar-refractivity contribution in [1.29, 1.82) is 0 Å². The summed E-state index contributed by atoms with van der Waals surface area (Å²) in [5.41, 5.74) is 1.65. The van der Waals surface area contributed by atoms with Gasteiger partial charge in [0.1, 0.15) is 11.6 Å². The third-order valence-corrected chi connectivity index (χ3v) is 3.94. The van der Waals surface area contributed by atoms with Crippen LogP contribution in [0.15, 0.2) is 23.6 Å². The van der Waals surface area contributed by atoms with E-state index in [0.29, 0.717) is 17.7 Å². The average Bonchev–Trinajstić information content (AvgIpc) is 2.83. The molecule has 0 amide bonds. The molecular weight excluding hydrogens is 275 g/mol. The molecule has 0 fully saturated rings. The molecule has 1 aromatic carbocycles. The van der Waals surface area contributed by atoms with Gasteiger partial charge in [0.2, 0.25) is 0 Å².